The Kier molecular flexibility index (Phi) is 4.87. The Balaban J connectivity index is 1.28. The number of fused-ring (bicyclic) bond motifs is 3. The summed E-state index contributed by atoms with van der Waals surface area (Å²) >= 11 is 0. The largest absolute Gasteiger partial charge is 0.459 e. The second kappa shape index (κ2) is 7.50. The zero-order chi connectivity index (χ0) is 22.5. The summed E-state index contributed by atoms with van der Waals surface area (Å²) in [7, 11) is 0. The Bertz CT molecular complexity index is 1160. The molecule has 0 spiro atoms. The molecular weight excluding hydrogens is 404 g/mol. The molecule has 1 N–H and O–H groups in total. The molecule has 1 aliphatic heterocycles. The summed E-state index contributed by atoms with van der Waals surface area (Å²) in [5.74, 6) is 0.172. The molecule has 1 aromatic carbocycles. The van der Waals surface area contributed by atoms with Gasteiger partial charge in [0.25, 0.3) is 11.8 Å². The second-order valence-electron chi connectivity index (χ2n) is 10.5. The van der Waals surface area contributed by atoms with Gasteiger partial charge in [0.05, 0.1) is 23.6 Å². The molecular formula is C25H30N4O3. The predicted molar refractivity (Wildman–Crippen MR) is 121 cm³/mol. The Morgan fingerprint density at radius 1 is 1.22 bits per heavy atom. The van der Waals surface area contributed by atoms with Crippen molar-refractivity contribution in [3.05, 3.63) is 54.2 Å². The number of benzene rings is 1. The van der Waals surface area contributed by atoms with Crippen molar-refractivity contribution in [2.75, 3.05) is 13.1 Å². The highest BCUT2D eigenvalue weighted by Crippen LogP contribution is 2.52. The van der Waals surface area contributed by atoms with Gasteiger partial charge in [-0.25, -0.2) is 4.98 Å². The van der Waals surface area contributed by atoms with E-state index in [9.17, 15) is 9.59 Å². The average molecular weight is 435 g/mol. The molecule has 2 atom stereocenters. The summed E-state index contributed by atoms with van der Waals surface area (Å²) in [5, 5.41) is 2.84. The molecule has 5 rings (SSSR count). The maximum Gasteiger partial charge on any atom is 0.287 e. The molecule has 0 radical (unpaired) electrons. The molecule has 168 valence electrons. The lowest BCUT2D eigenvalue weighted by atomic mass is 9.65. The van der Waals surface area contributed by atoms with Gasteiger partial charge in [0.1, 0.15) is 0 Å². The summed E-state index contributed by atoms with van der Waals surface area (Å²) in [6, 6.07) is 9.40. The molecule has 3 aromatic rings. The van der Waals surface area contributed by atoms with Gasteiger partial charge >= 0.3 is 0 Å². The zero-order valence-corrected chi connectivity index (χ0v) is 18.9. The minimum absolute atomic E-state index is 0.110. The van der Waals surface area contributed by atoms with Crippen molar-refractivity contribution in [1.29, 1.82) is 0 Å². The number of nitrogens with one attached hydrogen (secondary N) is 1. The third kappa shape index (κ3) is 3.80. The number of hydrogen-bond acceptors (Lipinski definition) is 4. The van der Waals surface area contributed by atoms with Gasteiger partial charge in [-0.05, 0) is 60.4 Å². The van der Waals surface area contributed by atoms with Crippen molar-refractivity contribution in [2.45, 2.75) is 52.6 Å². The monoisotopic (exact) mass is 434 g/mol. The number of likely N-dealkylation sites (tertiary alicyclic amines) is 1. The Labute approximate surface area is 187 Å². The number of imidazole rings is 1. The number of carbonyl (C=O) groups excluding carboxylic acids is 2. The quantitative estimate of drug-likeness (QED) is 0.656. The van der Waals surface area contributed by atoms with Crippen molar-refractivity contribution < 1.29 is 14.0 Å². The summed E-state index contributed by atoms with van der Waals surface area (Å²) in [5.41, 5.74) is 2.93. The molecule has 2 aliphatic rings. The van der Waals surface area contributed by atoms with Crippen LogP contribution in [0.2, 0.25) is 0 Å². The van der Waals surface area contributed by atoms with Gasteiger partial charge in [0.2, 0.25) is 0 Å². The average Bonchev–Trinajstić information content (AvgIpc) is 3.44. The van der Waals surface area contributed by atoms with Crippen molar-refractivity contribution in [3.8, 4) is 0 Å². The van der Waals surface area contributed by atoms with E-state index in [4.69, 9.17) is 4.42 Å². The third-order valence-corrected chi connectivity index (χ3v) is 6.93. The molecule has 2 aromatic heterocycles. The summed E-state index contributed by atoms with van der Waals surface area (Å²) in [6.45, 7) is 8.83. The van der Waals surface area contributed by atoms with E-state index in [-0.39, 0.29) is 22.6 Å². The number of nitrogens with zero attached hydrogens (tertiary/aromatic N) is 3. The number of rotatable bonds is 5. The van der Waals surface area contributed by atoms with Gasteiger partial charge < -0.3 is 19.2 Å². The van der Waals surface area contributed by atoms with Crippen LogP contribution in [0.4, 0.5) is 0 Å². The smallest absolute Gasteiger partial charge is 0.287 e. The van der Waals surface area contributed by atoms with E-state index in [2.05, 4.69) is 36.0 Å². The van der Waals surface area contributed by atoms with Crippen molar-refractivity contribution in [3.63, 3.8) is 0 Å². The highest BCUT2D eigenvalue weighted by molar-refractivity contribution is 5.98. The fourth-order valence-corrected chi connectivity index (χ4v) is 6.02. The Hall–Kier alpha value is -3.09. The lowest BCUT2D eigenvalue weighted by Crippen LogP contribution is -2.37. The zero-order valence-electron chi connectivity index (χ0n) is 18.9. The Morgan fingerprint density at radius 3 is 2.84 bits per heavy atom. The first kappa shape index (κ1) is 20.8. The van der Waals surface area contributed by atoms with Crippen LogP contribution in [0.15, 0.2) is 47.3 Å². The van der Waals surface area contributed by atoms with Crippen LogP contribution in [0.3, 0.4) is 0 Å². The van der Waals surface area contributed by atoms with Crippen LogP contribution in [0.1, 0.15) is 60.9 Å². The maximum absolute atomic E-state index is 13.4. The Morgan fingerprint density at radius 2 is 2.06 bits per heavy atom. The van der Waals surface area contributed by atoms with E-state index < -0.39 is 0 Å². The third-order valence-electron chi connectivity index (χ3n) is 6.93. The van der Waals surface area contributed by atoms with E-state index in [0.29, 0.717) is 30.5 Å². The number of aromatic nitrogens is 2. The van der Waals surface area contributed by atoms with Crippen LogP contribution in [0.25, 0.3) is 11.0 Å². The van der Waals surface area contributed by atoms with Crippen LogP contribution in [0.5, 0.6) is 0 Å². The SMILES string of the molecule is CC1(C)CC2CC(C)(CN2C(=O)c2ccc3c(c2)ncn3CCNC(=O)c2ccco2)C1. The van der Waals surface area contributed by atoms with Gasteiger partial charge in [0.15, 0.2) is 5.76 Å². The number of carbonyl (C=O) groups is 2. The molecule has 1 saturated carbocycles. The van der Waals surface area contributed by atoms with Crippen molar-refractivity contribution >= 4 is 22.8 Å². The van der Waals surface area contributed by atoms with Crippen LogP contribution < -0.4 is 5.32 Å². The first-order valence-corrected chi connectivity index (χ1v) is 11.3. The fraction of sp³-hybridized carbons (Fsp3) is 0.480. The minimum Gasteiger partial charge on any atom is -0.459 e. The van der Waals surface area contributed by atoms with Crippen LogP contribution in [-0.4, -0.2) is 45.4 Å². The molecule has 7 nitrogen and oxygen atoms in total. The predicted octanol–water partition coefficient (Wildman–Crippen LogP) is 4.10. The molecule has 2 bridgehead atoms. The molecule has 7 heteroatoms. The number of hydrogen-bond donors (Lipinski definition) is 1. The molecule has 32 heavy (non-hydrogen) atoms. The number of furan rings is 1. The normalized spacial score (nSPS) is 24.1. The van der Waals surface area contributed by atoms with E-state index >= 15 is 0 Å². The van der Waals surface area contributed by atoms with E-state index in [0.717, 1.165) is 30.4 Å². The van der Waals surface area contributed by atoms with Crippen LogP contribution >= 0.6 is 0 Å². The highest BCUT2D eigenvalue weighted by Gasteiger charge is 2.51. The molecule has 2 amide bonds. The first-order chi connectivity index (χ1) is 15.2. The lowest BCUT2D eigenvalue weighted by molar-refractivity contribution is 0.0708. The summed E-state index contributed by atoms with van der Waals surface area (Å²) < 4.78 is 7.09. The van der Waals surface area contributed by atoms with Gasteiger partial charge in [0, 0.05) is 31.2 Å². The van der Waals surface area contributed by atoms with Crippen LogP contribution in [-0.2, 0) is 6.54 Å². The van der Waals surface area contributed by atoms with Gasteiger partial charge in [-0.3, -0.25) is 9.59 Å². The molecule has 2 fully saturated rings. The van der Waals surface area contributed by atoms with E-state index in [1.54, 1.807) is 18.5 Å². The van der Waals surface area contributed by atoms with Gasteiger partial charge in [-0.2, -0.15) is 0 Å². The molecule has 2 unspecified atom stereocenters. The van der Waals surface area contributed by atoms with Crippen molar-refractivity contribution in [2.24, 2.45) is 10.8 Å². The molecule has 3 heterocycles. The summed E-state index contributed by atoms with van der Waals surface area (Å²) in [4.78, 5) is 32.0. The fourth-order valence-electron chi connectivity index (χ4n) is 6.02. The first-order valence-electron chi connectivity index (χ1n) is 11.3. The van der Waals surface area contributed by atoms with Gasteiger partial charge in [-0.15, -0.1) is 0 Å². The van der Waals surface area contributed by atoms with E-state index in [1.807, 2.05) is 22.8 Å². The molecule has 1 saturated heterocycles. The summed E-state index contributed by atoms with van der Waals surface area (Å²) in [6.07, 6.45) is 6.57. The van der Waals surface area contributed by atoms with Crippen molar-refractivity contribution in [1.82, 2.24) is 19.8 Å². The van der Waals surface area contributed by atoms with Crippen LogP contribution in [0, 0.1) is 10.8 Å². The lowest BCUT2D eigenvalue weighted by Gasteiger charge is -2.39. The second-order valence-corrected chi connectivity index (χ2v) is 10.5. The standard InChI is InChI=1S/C25H30N4O3/c1-24(2)12-18-13-25(3,14-24)15-29(18)23(31)17-6-7-20-19(11-17)27-16-28(20)9-8-26-22(30)21-5-4-10-32-21/h4-7,10-11,16,18H,8-9,12-15H2,1-3H3,(H,26,30). The maximum atomic E-state index is 13.4. The topological polar surface area (TPSA) is 80.4 Å². The molecule has 1 aliphatic carbocycles. The minimum atomic E-state index is -0.236. The van der Waals surface area contributed by atoms with Gasteiger partial charge in [-0.1, -0.05) is 20.8 Å². The van der Waals surface area contributed by atoms with E-state index in [1.165, 1.54) is 12.7 Å². The highest BCUT2D eigenvalue weighted by atomic mass is 16.3. The number of amides is 2.